The Labute approximate surface area is 144 Å². The second-order valence-corrected chi connectivity index (χ2v) is 8.67. The van der Waals surface area contributed by atoms with E-state index in [2.05, 4.69) is 4.74 Å². The van der Waals surface area contributed by atoms with Gasteiger partial charge in [0.05, 0.1) is 11.0 Å². The number of sulfonamides is 1. The van der Waals surface area contributed by atoms with Crippen LogP contribution in [-0.2, 0) is 10.0 Å². The SMILES string of the molecule is O=S(=O)(c1cccc(OC(F)(F)F)c1)N1CCC[C@@]2(CCC[C@H]2O)C1. The molecule has 1 aliphatic carbocycles. The monoisotopic (exact) mass is 379 g/mol. The summed E-state index contributed by atoms with van der Waals surface area (Å²) < 4.78 is 67.9. The molecule has 140 valence electrons. The van der Waals surface area contributed by atoms with Crippen LogP contribution in [0.1, 0.15) is 32.1 Å². The van der Waals surface area contributed by atoms with Crippen LogP contribution in [0, 0.1) is 5.41 Å². The van der Waals surface area contributed by atoms with Gasteiger partial charge in [-0.05, 0) is 37.8 Å². The molecule has 0 aromatic heterocycles. The molecule has 2 atom stereocenters. The number of benzene rings is 1. The molecule has 1 N–H and O–H groups in total. The van der Waals surface area contributed by atoms with Gasteiger partial charge in [0.2, 0.25) is 10.0 Å². The van der Waals surface area contributed by atoms with Crippen molar-refractivity contribution in [3.8, 4) is 5.75 Å². The quantitative estimate of drug-likeness (QED) is 0.877. The zero-order valence-electron chi connectivity index (χ0n) is 13.5. The van der Waals surface area contributed by atoms with Crippen LogP contribution in [0.5, 0.6) is 5.75 Å². The average Bonchev–Trinajstić information content (AvgIpc) is 2.86. The summed E-state index contributed by atoms with van der Waals surface area (Å²) in [7, 11) is -3.95. The van der Waals surface area contributed by atoms with Crippen LogP contribution in [0.4, 0.5) is 13.2 Å². The largest absolute Gasteiger partial charge is 0.573 e. The van der Waals surface area contributed by atoms with E-state index in [0.717, 1.165) is 31.4 Å². The van der Waals surface area contributed by atoms with Gasteiger partial charge in [-0.3, -0.25) is 0 Å². The number of nitrogens with zero attached hydrogens (tertiary/aromatic N) is 1. The van der Waals surface area contributed by atoms with Gasteiger partial charge in [0.25, 0.3) is 0 Å². The Bertz CT molecular complexity index is 737. The van der Waals surface area contributed by atoms with E-state index in [4.69, 9.17) is 0 Å². The lowest BCUT2D eigenvalue weighted by Gasteiger charge is -2.41. The third-order valence-electron chi connectivity index (χ3n) is 5.11. The van der Waals surface area contributed by atoms with Crippen molar-refractivity contribution in [2.45, 2.75) is 49.5 Å². The second-order valence-electron chi connectivity index (χ2n) is 6.74. The normalized spacial score (nSPS) is 28.4. The zero-order valence-corrected chi connectivity index (χ0v) is 14.3. The van der Waals surface area contributed by atoms with E-state index in [1.165, 1.54) is 16.4 Å². The molecule has 5 nitrogen and oxygen atoms in total. The molecule has 0 bridgehead atoms. The predicted molar refractivity (Wildman–Crippen MR) is 83.4 cm³/mol. The van der Waals surface area contributed by atoms with Gasteiger partial charge in [0.1, 0.15) is 5.75 Å². The average molecular weight is 379 g/mol. The fourth-order valence-electron chi connectivity index (χ4n) is 3.90. The van der Waals surface area contributed by atoms with Crippen LogP contribution >= 0.6 is 0 Å². The fourth-order valence-corrected chi connectivity index (χ4v) is 5.51. The van der Waals surface area contributed by atoms with Gasteiger partial charge < -0.3 is 9.84 Å². The highest BCUT2D eigenvalue weighted by Crippen LogP contribution is 2.46. The van der Waals surface area contributed by atoms with Crippen molar-refractivity contribution in [2.24, 2.45) is 5.41 Å². The number of halogens is 3. The minimum Gasteiger partial charge on any atom is -0.406 e. The topological polar surface area (TPSA) is 66.8 Å². The maximum atomic E-state index is 12.9. The Morgan fingerprint density at radius 1 is 1.24 bits per heavy atom. The molecule has 0 unspecified atom stereocenters. The highest BCUT2D eigenvalue weighted by molar-refractivity contribution is 7.89. The predicted octanol–water partition coefficient (Wildman–Crippen LogP) is 2.90. The van der Waals surface area contributed by atoms with Gasteiger partial charge in [0, 0.05) is 24.6 Å². The molecule has 1 aliphatic heterocycles. The maximum absolute atomic E-state index is 12.9. The number of rotatable bonds is 3. The number of aliphatic hydroxyl groups is 1. The van der Waals surface area contributed by atoms with E-state index < -0.39 is 33.7 Å². The maximum Gasteiger partial charge on any atom is 0.573 e. The van der Waals surface area contributed by atoms with Crippen molar-refractivity contribution in [2.75, 3.05) is 13.1 Å². The van der Waals surface area contributed by atoms with Crippen molar-refractivity contribution in [3.63, 3.8) is 0 Å². The van der Waals surface area contributed by atoms with Crippen molar-refractivity contribution in [1.82, 2.24) is 4.31 Å². The molecule has 1 saturated carbocycles. The summed E-state index contributed by atoms with van der Waals surface area (Å²) >= 11 is 0. The summed E-state index contributed by atoms with van der Waals surface area (Å²) in [4.78, 5) is -0.237. The van der Waals surface area contributed by atoms with Crippen LogP contribution in [0.3, 0.4) is 0 Å². The first-order chi connectivity index (χ1) is 11.6. The van der Waals surface area contributed by atoms with Crippen LogP contribution in [0.25, 0.3) is 0 Å². The molecule has 25 heavy (non-hydrogen) atoms. The minimum absolute atomic E-state index is 0.195. The first-order valence-corrected chi connectivity index (χ1v) is 9.60. The summed E-state index contributed by atoms with van der Waals surface area (Å²) in [6.45, 7) is 0.488. The summed E-state index contributed by atoms with van der Waals surface area (Å²) in [5, 5.41) is 10.3. The van der Waals surface area contributed by atoms with E-state index in [1.54, 1.807) is 0 Å². The van der Waals surface area contributed by atoms with E-state index in [-0.39, 0.29) is 11.4 Å². The second kappa shape index (κ2) is 6.44. The van der Waals surface area contributed by atoms with E-state index in [1.807, 2.05) is 0 Å². The molecule has 2 fully saturated rings. The Kier molecular flexibility index (Phi) is 4.76. The summed E-state index contributed by atoms with van der Waals surface area (Å²) in [6, 6.07) is 4.42. The van der Waals surface area contributed by atoms with Gasteiger partial charge in [-0.25, -0.2) is 8.42 Å². The van der Waals surface area contributed by atoms with Crippen molar-refractivity contribution in [3.05, 3.63) is 24.3 Å². The lowest BCUT2D eigenvalue weighted by molar-refractivity contribution is -0.274. The molecule has 9 heteroatoms. The molecule has 0 amide bonds. The first kappa shape index (κ1) is 18.5. The molecule has 1 spiro atoms. The number of piperidine rings is 1. The summed E-state index contributed by atoms with van der Waals surface area (Å²) in [5.41, 5.74) is -0.439. The van der Waals surface area contributed by atoms with Crippen LogP contribution in [0.2, 0.25) is 0 Å². The van der Waals surface area contributed by atoms with E-state index >= 15 is 0 Å². The lowest BCUT2D eigenvalue weighted by Crippen LogP contribution is -2.49. The molecule has 3 rings (SSSR count). The number of hydrogen-bond acceptors (Lipinski definition) is 4. The third kappa shape index (κ3) is 3.78. The van der Waals surface area contributed by atoms with Crippen LogP contribution in [0.15, 0.2) is 29.2 Å². The minimum atomic E-state index is -4.88. The lowest BCUT2D eigenvalue weighted by atomic mass is 9.77. The molecular formula is C16H20F3NO4S. The highest BCUT2D eigenvalue weighted by atomic mass is 32.2. The fraction of sp³-hybridized carbons (Fsp3) is 0.625. The molecule has 2 aliphatic rings. The standard InChI is InChI=1S/C16H20F3NO4S/c17-16(18,19)24-12-4-1-5-13(10-12)25(22,23)20-9-3-8-15(11-20)7-2-6-14(15)21/h1,4-5,10,14,21H,2-3,6-9,11H2/t14-,15+/m1/s1. The Balaban J connectivity index is 1.85. The Morgan fingerprint density at radius 3 is 2.60 bits per heavy atom. The van der Waals surface area contributed by atoms with E-state index in [9.17, 15) is 26.7 Å². The van der Waals surface area contributed by atoms with Crippen LogP contribution in [-0.4, -0.2) is 43.4 Å². The first-order valence-electron chi connectivity index (χ1n) is 8.16. The van der Waals surface area contributed by atoms with Gasteiger partial charge in [-0.15, -0.1) is 13.2 Å². The smallest absolute Gasteiger partial charge is 0.406 e. The number of aliphatic hydroxyl groups excluding tert-OH is 1. The Hall–Kier alpha value is -1.32. The van der Waals surface area contributed by atoms with Gasteiger partial charge in [0.15, 0.2) is 0 Å². The van der Waals surface area contributed by atoms with Crippen molar-refractivity contribution in [1.29, 1.82) is 0 Å². The van der Waals surface area contributed by atoms with Gasteiger partial charge in [-0.2, -0.15) is 4.31 Å². The summed E-state index contributed by atoms with van der Waals surface area (Å²) in [6.07, 6.45) is -1.77. The number of alkyl halides is 3. The van der Waals surface area contributed by atoms with E-state index in [0.29, 0.717) is 19.4 Å². The zero-order chi connectivity index (χ0) is 18.3. The van der Waals surface area contributed by atoms with Crippen molar-refractivity contribution >= 4 is 10.0 Å². The van der Waals surface area contributed by atoms with Crippen LogP contribution < -0.4 is 4.74 Å². The third-order valence-corrected chi connectivity index (χ3v) is 6.95. The van der Waals surface area contributed by atoms with Gasteiger partial charge in [-0.1, -0.05) is 12.5 Å². The van der Waals surface area contributed by atoms with Gasteiger partial charge >= 0.3 is 6.36 Å². The molecule has 1 aromatic carbocycles. The van der Waals surface area contributed by atoms with Crippen molar-refractivity contribution < 1.29 is 31.4 Å². The molecule has 1 heterocycles. The highest BCUT2D eigenvalue weighted by Gasteiger charge is 2.47. The summed E-state index contributed by atoms with van der Waals surface area (Å²) in [5.74, 6) is -0.568. The molecular weight excluding hydrogens is 359 g/mol. The molecule has 0 radical (unpaired) electrons. The number of ether oxygens (including phenoxy) is 1. The molecule has 1 aromatic rings. The Morgan fingerprint density at radius 2 is 1.96 bits per heavy atom. The molecule has 1 saturated heterocycles. The number of hydrogen-bond donors (Lipinski definition) is 1.